The lowest BCUT2D eigenvalue weighted by Gasteiger charge is -2.08. The van der Waals surface area contributed by atoms with Crippen LogP contribution < -0.4 is 5.73 Å². The molecule has 0 radical (unpaired) electrons. The molecule has 0 spiro atoms. The molecule has 3 nitrogen and oxygen atoms in total. The Morgan fingerprint density at radius 2 is 1.89 bits per heavy atom. The normalized spacial score (nSPS) is 10.9. The van der Waals surface area contributed by atoms with Gasteiger partial charge in [0, 0.05) is 5.56 Å². The maximum Gasteiger partial charge on any atom is 0.293 e. The Kier molecular flexibility index (Phi) is 2.52. The summed E-state index contributed by atoms with van der Waals surface area (Å²) in [7, 11) is 0. The highest BCUT2D eigenvalue weighted by molar-refractivity contribution is 5.93. The van der Waals surface area contributed by atoms with Gasteiger partial charge in [0.2, 0.25) is 0 Å². The van der Waals surface area contributed by atoms with Crippen LogP contribution in [0.5, 0.6) is 0 Å². The number of nitrogens with zero attached hydrogens (tertiary/aromatic N) is 1. The van der Waals surface area contributed by atoms with E-state index in [1.807, 2.05) is 24.3 Å². The van der Waals surface area contributed by atoms with E-state index in [4.69, 9.17) is 10.2 Å². The van der Waals surface area contributed by atoms with Gasteiger partial charge in [0.15, 0.2) is 5.58 Å². The molecule has 0 saturated carbocycles. The molecule has 0 saturated heterocycles. The molecule has 90 valence electrons. The lowest BCUT2D eigenvalue weighted by atomic mass is 9.97. The Morgan fingerprint density at radius 1 is 1.11 bits per heavy atom. The zero-order valence-corrected chi connectivity index (χ0v) is 10.2. The van der Waals surface area contributed by atoms with Gasteiger partial charge in [-0.3, -0.25) is 0 Å². The third-order valence-corrected chi connectivity index (χ3v) is 3.11. The van der Waals surface area contributed by atoms with Gasteiger partial charge in [-0.25, -0.2) is 0 Å². The van der Waals surface area contributed by atoms with Crippen LogP contribution in [-0.2, 0) is 6.42 Å². The van der Waals surface area contributed by atoms with Crippen molar-refractivity contribution < 1.29 is 4.42 Å². The van der Waals surface area contributed by atoms with Crippen molar-refractivity contribution in [3.05, 3.63) is 48.0 Å². The van der Waals surface area contributed by atoms with E-state index in [-0.39, 0.29) is 6.01 Å². The molecule has 0 aliphatic heterocycles. The molecule has 1 heterocycles. The first-order valence-corrected chi connectivity index (χ1v) is 6.03. The minimum Gasteiger partial charge on any atom is -0.424 e. The lowest BCUT2D eigenvalue weighted by Crippen LogP contribution is -1.89. The fourth-order valence-corrected chi connectivity index (χ4v) is 2.27. The van der Waals surface area contributed by atoms with Crippen LogP contribution >= 0.6 is 0 Å². The predicted octanol–water partition coefficient (Wildman–Crippen LogP) is 3.64. The number of nitrogens with two attached hydrogens (primary N) is 1. The van der Waals surface area contributed by atoms with Crippen molar-refractivity contribution in [3.63, 3.8) is 0 Å². The first-order valence-electron chi connectivity index (χ1n) is 6.03. The molecule has 2 aromatic carbocycles. The van der Waals surface area contributed by atoms with Gasteiger partial charge in [-0.1, -0.05) is 43.3 Å². The molecule has 0 amide bonds. The predicted molar refractivity (Wildman–Crippen MR) is 73.2 cm³/mol. The van der Waals surface area contributed by atoms with Crippen molar-refractivity contribution in [1.82, 2.24) is 4.98 Å². The molecule has 1 aromatic heterocycles. The first kappa shape index (κ1) is 10.8. The lowest BCUT2D eigenvalue weighted by molar-refractivity contribution is 0.626. The van der Waals surface area contributed by atoms with Gasteiger partial charge in [0.1, 0.15) is 5.52 Å². The van der Waals surface area contributed by atoms with Crippen molar-refractivity contribution in [2.24, 2.45) is 0 Å². The average Bonchev–Trinajstić information content (AvgIpc) is 2.78. The zero-order valence-electron chi connectivity index (χ0n) is 10.2. The van der Waals surface area contributed by atoms with E-state index in [0.717, 1.165) is 28.6 Å². The number of nitrogen functional groups attached to an aromatic ring is 1. The molecule has 18 heavy (non-hydrogen) atoms. The molecule has 0 atom stereocenters. The monoisotopic (exact) mass is 238 g/mol. The summed E-state index contributed by atoms with van der Waals surface area (Å²) in [5.41, 5.74) is 10.8. The SMILES string of the molecule is CCc1ccc2oc(N)nc2c1-c1ccccc1. The van der Waals surface area contributed by atoms with Crippen molar-refractivity contribution in [1.29, 1.82) is 0 Å². The van der Waals surface area contributed by atoms with Gasteiger partial charge in [-0.05, 0) is 23.6 Å². The fourth-order valence-electron chi connectivity index (χ4n) is 2.27. The summed E-state index contributed by atoms with van der Waals surface area (Å²) in [5, 5.41) is 0. The Labute approximate surface area is 105 Å². The zero-order chi connectivity index (χ0) is 12.5. The number of fused-ring (bicyclic) bond motifs is 1. The van der Waals surface area contributed by atoms with E-state index in [1.54, 1.807) is 0 Å². The van der Waals surface area contributed by atoms with Crippen LogP contribution in [0.25, 0.3) is 22.2 Å². The Balaban J connectivity index is 2.37. The molecule has 3 heteroatoms. The minimum atomic E-state index is 0.218. The molecule has 2 N–H and O–H groups in total. The molecule has 0 unspecified atom stereocenters. The van der Waals surface area contributed by atoms with Crippen molar-refractivity contribution in [3.8, 4) is 11.1 Å². The fraction of sp³-hybridized carbons (Fsp3) is 0.133. The highest BCUT2D eigenvalue weighted by atomic mass is 16.4. The third kappa shape index (κ3) is 1.64. The van der Waals surface area contributed by atoms with Crippen LogP contribution in [0.1, 0.15) is 12.5 Å². The van der Waals surface area contributed by atoms with Crippen LogP contribution in [0.4, 0.5) is 6.01 Å². The molecular formula is C15H14N2O. The molecule has 3 aromatic rings. The van der Waals surface area contributed by atoms with Gasteiger partial charge in [-0.15, -0.1) is 0 Å². The summed E-state index contributed by atoms with van der Waals surface area (Å²) < 4.78 is 5.40. The van der Waals surface area contributed by atoms with Crippen LogP contribution in [0.15, 0.2) is 46.9 Å². The van der Waals surface area contributed by atoms with Crippen LogP contribution in [0.2, 0.25) is 0 Å². The quantitative estimate of drug-likeness (QED) is 0.741. The molecule has 0 aliphatic rings. The van der Waals surface area contributed by atoms with Crippen LogP contribution in [0, 0.1) is 0 Å². The number of anilines is 1. The van der Waals surface area contributed by atoms with Crippen LogP contribution in [-0.4, -0.2) is 4.98 Å². The van der Waals surface area contributed by atoms with Gasteiger partial charge >= 0.3 is 0 Å². The number of hydrogen-bond acceptors (Lipinski definition) is 3. The van der Waals surface area contributed by atoms with Gasteiger partial charge in [0.25, 0.3) is 6.01 Å². The maximum atomic E-state index is 5.65. The van der Waals surface area contributed by atoms with E-state index in [2.05, 4.69) is 30.1 Å². The number of benzene rings is 2. The van der Waals surface area contributed by atoms with Crippen molar-refractivity contribution >= 4 is 17.1 Å². The number of hydrogen-bond donors (Lipinski definition) is 1. The smallest absolute Gasteiger partial charge is 0.293 e. The van der Waals surface area contributed by atoms with E-state index < -0.39 is 0 Å². The van der Waals surface area contributed by atoms with Crippen molar-refractivity contribution in [2.75, 3.05) is 5.73 Å². The Morgan fingerprint density at radius 3 is 2.61 bits per heavy atom. The van der Waals surface area contributed by atoms with Crippen LogP contribution in [0.3, 0.4) is 0 Å². The topological polar surface area (TPSA) is 52.0 Å². The van der Waals surface area contributed by atoms with E-state index in [0.29, 0.717) is 0 Å². The molecule has 0 fully saturated rings. The summed E-state index contributed by atoms with van der Waals surface area (Å²) in [6.07, 6.45) is 0.951. The molecular weight excluding hydrogens is 224 g/mol. The summed E-state index contributed by atoms with van der Waals surface area (Å²) in [4.78, 5) is 4.31. The highest BCUT2D eigenvalue weighted by Crippen LogP contribution is 2.32. The van der Waals surface area contributed by atoms with Gasteiger partial charge < -0.3 is 10.2 Å². The Hall–Kier alpha value is -2.29. The number of aryl methyl sites for hydroxylation is 1. The van der Waals surface area contributed by atoms with Crippen molar-refractivity contribution in [2.45, 2.75) is 13.3 Å². The average molecular weight is 238 g/mol. The number of aromatic nitrogens is 1. The van der Waals surface area contributed by atoms with Gasteiger partial charge in [-0.2, -0.15) is 4.98 Å². The number of oxazole rings is 1. The summed E-state index contributed by atoms with van der Waals surface area (Å²) in [5.74, 6) is 0. The summed E-state index contributed by atoms with van der Waals surface area (Å²) in [6, 6.07) is 14.5. The third-order valence-electron chi connectivity index (χ3n) is 3.11. The highest BCUT2D eigenvalue weighted by Gasteiger charge is 2.13. The minimum absolute atomic E-state index is 0.218. The summed E-state index contributed by atoms with van der Waals surface area (Å²) >= 11 is 0. The van der Waals surface area contributed by atoms with E-state index in [1.165, 1.54) is 5.56 Å². The molecule has 0 aliphatic carbocycles. The summed E-state index contributed by atoms with van der Waals surface area (Å²) in [6.45, 7) is 2.14. The number of rotatable bonds is 2. The Bertz CT molecular complexity index is 686. The standard InChI is InChI=1S/C15H14N2O/c1-2-10-8-9-12-14(17-15(16)18-12)13(10)11-6-4-3-5-7-11/h3-9H,2H2,1H3,(H2,16,17). The first-order chi connectivity index (χ1) is 8.79. The van der Waals surface area contributed by atoms with E-state index >= 15 is 0 Å². The molecule has 3 rings (SSSR count). The van der Waals surface area contributed by atoms with Gasteiger partial charge in [0.05, 0.1) is 0 Å². The largest absolute Gasteiger partial charge is 0.424 e. The van der Waals surface area contributed by atoms with E-state index in [9.17, 15) is 0 Å². The second kappa shape index (κ2) is 4.18. The maximum absolute atomic E-state index is 5.65. The molecule has 0 bridgehead atoms. The second-order valence-electron chi connectivity index (χ2n) is 4.22. The second-order valence-corrected chi connectivity index (χ2v) is 4.22.